The van der Waals surface area contributed by atoms with Gasteiger partial charge >= 0.3 is 0 Å². The molecule has 0 aromatic heterocycles. The van der Waals surface area contributed by atoms with Crippen LogP contribution in [0.15, 0.2) is 18.2 Å². The highest BCUT2D eigenvalue weighted by molar-refractivity contribution is 6.18. The summed E-state index contributed by atoms with van der Waals surface area (Å²) in [6.45, 7) is 0.116. The topological polar surface area (TPSA) is 88.5 Å². The first-order valence-electron chi connectivity index (χ1n) is 5.46. The maximum atomic E-state index is 9.61. The van der Waals surface area contributed by atoms with Crippen LogP contribution in [0.3, 0.4) is 0 Å². The highest BCUT2D eigenvalue weighted by Crippen LogP contribution is 2.37. The number of hydrogen-bond donors (Lipinski definition) is 2. The van der Waals surface area contributed by atoms with Crippen LogP contribution in [0.5, 0.6) is 17.2 Å². The van der Waals surface area contributed by atoms with Gasteiger partial charge in [-0.15, -0.1) is 11.6 Å². The highest BCUT2D eigenvalue weighted by atomic mass is 35.5. The molecule has 1 aromatic rings. The molecule has 1 fully saturated rings. The standard InChI is InChI=1S/C11H13ClO4.CH2O2/c1-14-8-4-2-3-7(13)11(8)15-6-10-9(5-12)16-10;2-1-3/h2-4,9-10,13H,5-6H2,1H3;1H,(H,2,3). The number of hydrogen-bond acceptors (Lipinski definition) is 5. The molecule has 0 aliphatic carbocycles. The van der Waals surface area contributed by atoms with Crippen molar-refractivity contribution in [2.75, 3.05) is 19.6 Å². The molecule has 1 aliphatic heterocycles. The van der Waals surface area contributed by atoms with Crippen LogP contribution in [0.1, 0.15) is 0 Å². The van der Waals surface area contributed by atoms with E-state index >= 15 is 0 Å². The summed E-state index contributed by atoms with van der Waals surface area (Å²) < 4.78 is 15.8. The van der Waals surface area contributed by atoms with Crippen LogP contribution < -0.4 is 9.47 Å². The minimum atomic E-state index is -0.250. The molecule has 0 spiro atoms. The van der Waals surface area contributed by atoms with Crippen molar-refractivity contribution < 1.29 is 29.2 Å². The van der Waals surface area contributed by atoms with Crippen molar-refractivity contribution in [3.63, 3.8) is 0 Å². The number of phenols is 1. The first kappa shape index (κ1) is 15.4. The molecule has 106 valence electrons. The third kappa shape index (κ3) is 4.50. The Labute approximate surface area is 115 Å². The van der Waals surface area contributed by atoms with Gasteiger partial charge in [0.1, 0.15) is 18.8 Å². The van der Waals surface area contributed by atoms with E-state index in [2.05, 4.69) is 0 Å². The van der Waals surface area contributed by atoms with Gasteiger partial charge < -0.3 is 24.4 Å². The second kappa shape index (κ2) is 7.70. The number of carboxylic acid groups (broad SMARTS) is 1. The fourth-order valence-corrected chi connectivity index (χ4v) is 1.71. The van der Waals surface area contributed by atoms with E-state index in [-0.39, 0.29) is 24.4 Å². The molecule has 6 nitrogen and oxygen atoms in total. The van der Waals surface area contributed by atoms with Crippen molar-refractivity contribution >= 4 is 18.1 Å². The summed E-state index contributed by atoms with van der Waals surface area (Å²) in [5, 5.41) is 16.5. The van der Waals surface area contributed by atoms with Gasteiger partial charge in [-0.05, 0) is 12.1 Å². The lowest BCUT2D eigenvalue weighted by Crippen LogP contribution is -2.09. The minimum absolute atomic E-state index is 0.0156. The Balaban J connectivity index is 0.000000550. The van der Waals surface area contributed by atoms with E-state index in [0.29, 0.717) is 24.0 Å². The number of rotatable bonds is 5. The second-order valence-electron chi connectivity index (χ2n) is 3.59. The maximum absolute atomic E-state index is 9.61. The number of carbonyl (C=O) groups is 1. The summed E-state index contributed by atoms with van der Waals surface area (Å²) in [6, 6.07) is 4.96. The van der Waals surface area contributed by atoms with Gasteiger partial charge in [-0.2, -0.15) is 0 Å². The number of ether oxygens (including phenoxy) is 3. The van der Waals surface area contributed by atoms with Crippen molar-refractivity contribution in [2.24, 2.45) is 0 Å². The molecule has 2 N–H and O–H groups in total. The molecule has 2 unspecified atom stereocenters. The number of halogens is 1. The van der Waals surface area contributed by atoms with Crippen LogP contribution in [0.2, 0.25) is 0 Å². The van der Waals surface area contributed by atoms with Crippen molar-refractivity contribution in [2.45, 2.75) is 12.2 Å². The van der Waals surface area contributed by atoms with Crippen molar-refractivity contribution in [1.29, 1.82) is 0 Å². The van der Waals surface area contributed by atoms with E-state index < -0.39 is 0 Å². The van der Waals surface area contributed by atoms with Gasteiger partial charge in [0.05, 0.1) is 13.0 Å². The normalized spacial score (nSPS) is 19.9. The first-order valence-corrected chi connectivity index (χ1v) is 5.99. The summed E-state index contributed by atoms with van der Waals surface area (Å²) in [7, 11) is 1.52. The van der Waals surface area contributed by atoms with E-state index in [1.165, 1.54) is 7.11 Å². The number of alkyl halides is 1. The predicted molar refractivity (Wildman–Crippen MR) is 68.2 cm³/mol. The van der Waals surface area contributed by atoms with E-state index in [4.69, 9.17) is 35.7 Å². The van der Waals surface area contributed by atoms with Crippen LogP contribution in [0.25, 0.3) is 0 Å². The van der Waals surface area contributed by atoms with E-state index in [0.717, 1.165) is 0 Å². The fourth-order valence-electron chi connectivity index (χ4n) is 1.44. The zero-order valence-corrected chi connectivity index (χ0v) is 11.0. The Bertz CT molecular complexity index is 411. The first-order chi connectivity index (χ1) is 9.17. The van der Waals surface area contributed by atoms with Crippen molar-refractivity contribution in [1.82, 2.24) is 0 Å². The largest absolute Gasteiger partial charge is 0.504 e. The lowest BCUT2D eigenvalue weighted by Gasteiger charge is -2.10. The van der Waals surface area contributed by atoms with Gasteiger partial charge in [0.15, 0.2) is 11.5 Å². The van der Waals surface area contributed by atoms with Gasteiger partial charge in [0.25, 0.3) is 6.47 Å². The van der Waals surface area contributed by atoms with Crippen molar-refractivity contribution in [3.8, 4) is 17.2 Å². The molecule has 1 heterocycles. The average Bonchev–Trinajstić information content (AvgIpc) is 3.16. The molecule has 0 saturated carbocycles. The number of phenolic OH excluding ortho intramolecular Hbond substituents is 1. The number of aromatic hydroxyl groups is 1. The number of methoxy groups -OCH3 is 1. The van der Waals surface area contributed by atoms with Crippen LogP contribution in [0, 0.1) is 0 Å². The highest BCUT2D eigenvalue weighted by Gasteiger charge is 2.38. The molecular formula is C12H15ClO6. The van der Waals surface area contributed by atoms with E-state index in [9.17, 15) is 5.11 Å². The molecule has 19 heavy (non-hydrogen) atoms. The Morgan fingerprint density at radius 3 is 2.68 bits per heavy atom. The summed E-state index contributed by atoms with van der Waals surface area (Å²) >= 11 is 5.61. The maximum Gasteiger partial charge on any atom is 0.290 e. The van der Waals surface area contributed by atoms with Gasteiger partial charge in [0, 0.05) is 0 Å². The van der Waals surface area contributed by atoms with Crippen LogP contribution in [-0.2, 0) is 9.53 Å². The molecule has 1 aliphatic rings. The van der Waals surface area contributed by atoms with E-state index in [1.807, 2.05) is 0 Å². The molecule has 2 atom stereocenters. The quantitative estimate of drug-likeness (QED) is 0.485. The number of epoxide rings is 1. The minimum Gasteiger partial charge on any atom is -0.504 e. The summed E-state index contributed by atoms with van der Waals surface area (Å²) in [6.07, 6.45) is 0.0836. The fraction of sp³-hybridized carbons (Fsp3) is 0.417. The molecular weight excluding hydrogens is 276 g/mol. The van der Waals surface area contributed by atoms with Gasteiger partial charge in [-0.3, -0.25) is 4.79 Å². The predicted octanol–water partition coefficient (Wildman–Crippen LogP) is 1.49. The van der Waals surface area contributed by atoms with E-state index in [1.54, 1.807) is 18.2 Å². The Morgan fingerprint density at radius 1 is 1.47 bits per heavy atom. The molecule has 0 amide bonds. The zero-order valence-electron chi connectivity index (χ0n) is 10.3. The third-order valence-corrected chi connectivity index (χ3v) is 2.71. The molecule has 1 saturated heterocycles. The van der Waals surface area contributed by atoms with Crippen LogP contribution in [0.4, 0.5) is 0 Å². The molecule has 0 bridgehead atoms. The SMILES string of the molecule is COc1cccc(O)c1OCC1OC1CCl.O=CO. The number of benzene rings is 1. The monoisotopic (exact) mass is 290 g/mol. The van der Waals surface area contributed by atoms with Crippen LogP contribution >= 0.6 is 11.6 Å². The van der Waals surface area contributed by atoms with Crippen molar-refractivity contribution in [3.05, 3.63) is 18.2 Å². The smallest absolute Gasteiger partial charge is 0.290 e. The van der Waals surface area contributed by atoms with Gasteiger partial charge in [-0.25, -0.2) is 0 Å². The average molecular weight is 291 g/mol. The molecule has 1 aromatic carbocycles. The summed E-state index contributed by atoms with van der Waals surface area (Å²) in [5.41, 5.74) is 0. The second-order valence-corrected chi connectivity index (χ2v) is 3.90. The summed E-state index contributed by atoms with van der Waals surface area (Å²) in [5.74, 6) is 1.37. The lowest BCUT2D eigenvalue weighted by atomic mass is 10.3. The Morgan fingerprint density at radius 2 is 2.16 bits per heavy atom. The molecule has 7 heteroatoms. The molecule has 0 radical (unpaired) electrons. The van der Waals surface area contributed by atoms with Gasteiger partial charge in [-0.1, -0.05) is 6.07 Å². The lowest BCUT2D eigenvalue weighted by molar-refractivity contribution is -0.122. The third-order valence-electron chi connectivity index (χ3n) is 2.41. The Kier molecular flexibility index (Phi) is 6.24. The zero-order chi connectivity index (χ0) is 14.3. The van der Waals surface area contributed by atoms with Gasteiger partial charge in [0.2, 0.25) is 5.75 Å². The Hall–Kier alpha value is -1.66. The summed E-state index contributed by atoms with van der Waals surface area (Å²) in [4.78, 5) is 8.36. The molecule has 2 rings (SSSR count). The van der Waals surface area contributed by atoms with Crippen LogP contribution in [-0.4, -0.2) is 48.5 Å². The number of para-hydroxylation sites is 1.